The van der Waals surface area contributed by atoms with Gasteiger partial charge in [-0.1, -0.05) is 17.7 Å². The molecule has 3 rings (SSSR count). The van der Waals surface area contributed by atoms with Gasteiger partial charge in [0.05, 0.1) is 22.0 Å². The topological polar surface area (TPSA) is 89.6 Å². The van der Waals surface area contributed by atoms with Crippen LogP contribution in [0.15, 0.2) is 35.3 Å². The Morgan fingerprint density at radius 2 is 2.23 bits per heavy atom. The van der Waals surface area contributed by atoms with Crippen molar-refractivity contribution in [1.29, 1.82) is 0 Å². The van der Waals surface area contributed by atoms with Gasteiger partial charge in [0.15, 0.2) is 0 Å². The second-order valence-electron chi connectivity index (χ2n) is 5.18. The number of halogens is 1. The lowest BCUT2D eigenvalue weighted by atomic mass is 10.2. The highest BCUT2D eigenvalue weighted by Crippen LogP contribution is 2.20. The molecule has 0 spiro atoms. The minimum Gasteiger partial charge on any atom is -0.322 e. The van der Waals surface area contributed by atoms with E-state index < -0.39 is 0 Å². The Bertz CT molecular complexity index is 854. The maximum absolute atomic E-state index is 12.8. The number of fused-ring (bicyclic) bond motifs is 1. The zero-order valence-electron chi connectivity index (χ0n) is 12.1. The van der Waals surface area contributed by atoms with Crippen molar-refractivity contribution in [1.82, 2.24) is 19.7 Å². The summed E-state index contributed by atoms with van der Waals surface area (Å²) in [6, 6.07) is 6.76. The first-order valence-electron chi connectivity index (χ1n) is 7.00. The Labute approximate surface area is 131 Å². The summed E-state index contributed by atoms with van der Waals surface area (Å²) < 4.78 is 1.60. The van der Waals surface area contributed by atoms with E-state index in [9.17, 15) is 4.79 Å². The number of benzene rings is 1. The molecule has 6 nitrogen and oxygen atoms in total. The molecular weight excluding hydrogens is 302 g/mol. The maximum atomic E-state index is 12.8. The molecule has 0 aliphatic rings. The van der Waals surface area contributed by atoms with Crippen molar-refractivity contribution < 1.29 is 0 Å². The van der Waals surface area contributed by atoms with Crippen LogP contribution in [0.25, 0.3) is 10.9 Å². The minimum atomic E-state index is -0.349. The summed E-state index contributed by atoms with van der Waals surface area (Å²) in [5.41, 5.74) is 7.34. The van der Waals surface area contributed by atoms with Gasteiger partial charge in [0, 0.05) is 24.9 Å². The maximum Gasteiger partial charge on any atom is 0.262 e. The van der Waals surface area contributed by atoms with Crippen LogP contribution in [0.2, 0.25) is 5.02 Å². The summed E-state index contributed by atoms with van der Waals surface area (Å²) in [7, 11) is 0. The molecule has 0 aliphatic heterocycles. The summed E-state index contributed by atoms with van der Waals surface area (Å²) in [6.07, 6.45) is 2.32. The Morgan fingerprint density at radius 3 is 2.91 bits per heavy atom. The van der Waals surface area contributed by atoms with Crippen LogP contribution in [0, 0.1) is 0 Å². The largest absolute Gasteiger partial charge is 0.322 e. The molecule has 3 aromatic rings. The number of nitrogens with one attached hydrogen (secondary N) is 1. The first-order chi connectivity index (χ1) is 10.6. The van der Waals surface area contributed by atoms with Crippen LogP contribution >= 0.6 is 11.6 Å². The molecule has 2 heterocycles. The molecule has 22 heavy (non-hydrogen) atoms. The molecule has 0 amide bonds. The van der Waals surface area contributed by atoms with Crippen molar-refractivity contribution in [3.8, 4) is 0 Å². The van der Waals surface area contributed by atoms with E-state index in [4.69, 9.17) is 17.3 Å². The van der Waals surface area contributed by atoms with E-state index in [-0.39, 0.29) is 11.6 Å². The van der Waals surface area contributed by atoms with Gasteiger partial charge in [-0.2, -0.15) is 5.10 Å². The Hall–Kier alpha value is -2.18. The number of rotatable bonds is 4. The van der Waals surface area contributed by atoms with E-state index >= 15 is 0 Å². The number of nitrogens with two attached hydrogens (primary N) is 1. The van der Waals surface area contributed by atoms with Crippen molar-refractivity contribution in [3.05, 3.63) is 57.4 Å². The lowest BCUT2D eigenvalue weighted by Crippen LogP contribution is -2.29. The SMILES string of the molecule is C[C@H](N)c1nc2cccc(Cl)c2c(=O)n1CCc1ccn[nH]1. The molecule has 0 aliphatic carbocycles. The second kappa shape index (κ2) is 5.90. The summed E-state index contributed by atoms with van der Waals surface area (Å²) >= 11 is 6.17. The third-order valence-electron chi connectivity index (χ3n) is 3.53. The molecule has 2 aromatic heterocycles. The van der Waals surface area contributed by atoms with E-state index in [2.05, 4.69) is 15.2 Å². The van der Waals surface area contributed by atoms with E-state index in [0.29, 0.717) is 34.7 Å². The van der Waals surface area contributed by atoms with Crippen molar-refractivity contribution in [3.63, 3.8) is 0 Å². The van der Waals surface area contributed by atoms with E-state index in [1.165, 1.54) is 0 Å². The Kier molecular flexibility index (Phi) is 3.96. The monoisotopic (exact) mass is 317 g/mol. The van der Waals surface area contributed by atoms with Gasteiger partial charge in [-0.15, -0.1) is 0 Å². The molecule has 7 heteroatoms. The number of aryl methyl sites for hydroxylation is 1. The number of hydrogen-bond acceptors (Lipinski definition) is 4. The number of aromatic amines is 1. The van der Waals surface area contributed by atoms with Crippen molar-refractivity contribution >= 4 is 22.5 Å². The third kappa shape index (κ3) is 2.63. The van der Waals surface area contributed by atoms with Crippen LogP contribution in [0.4, 0.5) is 0 Å². The van der Waals surface area contributed by atoms with Gasteiger partial charge in [-0.25, -0.2) is 4.98 Å². The molecule has 0 radical (unpaired) electrons. The average molecular weight is 318 g/mol. The van der Waals surface area contributed by atoms with Gasteiger partial charge >= 0.3 is 0 Å². The van der Waals surface area contributed by atoms with E-state index in [0.717, 1.165) is 5.69 Å². The zero-order chi connectivity index (χ0) is 15.7. The van der Waals surface area contributed by atoms with E-state index in [1.807, 2.05) is 13.0 Å². The summed E-state index contributed by atoms with van der Waals surface area (Å²) in [4.78, 5) is 17.3. The fourth-order valence-electron chi connectivity index (χ4n) is 2.46. The lowest BCUT2D eigenvalue weighted by Gasteiger charge is -2.16. The normalized spacial score (nSPS) is 12.7. The molecule has 0 fully saturated rings. The summed E-state index contributed by atoms with van der Waals surface area (Å²) in [5.74, 6) is 0.555. The highest BCUT2D eigenvalue weighted by molar-refractivity contribution is 6.35. The number of nitrogens with zero attached hydrogens (tertiary/aromatic N) is 3. The predicted molar refractivity (Wildman–Crippen MR) is 85.9 cm³/mol. The molecule has 0 bridgehead atoms. The minimum absolute atomic E-state index is 0.164. The van der Waals surface area contributed by atoms with Crippen molar-refractivity contribution in [2.75, 3.05) is 0 Å². The quantitative estimate of drug-likeness (QED) is 0.770. The van der Waals surface area contributed by atoms with Crippen molar-refractivity contribution in [2.24, 2.45) is 5.73 Å². The molecule has 3 N–H and O–H groups in total. The van der Waals surface area contributed by atoms with Gasteiger partial charge in [0.2, 0.25) is 0 Å². The molecule has 0 unspecified atom stereocenters. The predicted octanol–water partition coefficient (Wildman–Crippen LogP) is 2.04. The summed E-state index contributed by atoms with van der Waals surface area (Å²) in [5, 5.41) is 7.62. The standard InChI is InChI=1S/C15H16ClN5O/c1-9(17)14-19-12-4-2-3-11(16)13(12)15(22)21(14)8-6-10-5-7-18-20-10/h2-5,7,9H,6,8,17H2,1H3,(H,18,20)/t9-/m0/s1. The van der Waals surface area contributed by atoms with Gasteiger partial charge in [-0.3, -0.25) is 14.5 Å². The Balaban J connectivity index is 2.13. The smallest absolute Gasteiger partial charge is 0.262 e. The molecule has 0 saturated carbocycles. The van der Waals surface area contributed by atoms with Gasteiger partial charge in [0.1, 0.15) is 5.82 Å². The third-order valence-corrected chi connectivity index (χ3v) is 3.85. The zero-order valence-corrected chi connectivity index (χ0v) is 12.8. The second-order valence-corrected chi connectivity index (χ2v) is 5.59. The van der Waals surface area contributed by atoms with Crippen LogP contribution in [0.5, 0.6) is 0 Å². The van der Waals surface area contributed by atoms with E-state index in [1.54, 1.807) is 29.0 Å². The summed E-state index contributed by atoms with van der Waals surface area (Å²) in [6.45, 7) is 2.27. The average Bonchev–Trinajstić information content (AvgIpc) is 2.99. The molecule has 0 saturated heterocycles. The first-order valence-corrected chi connectivity index (χ1v) is 7.38. The lowest BCUT2D eigenvalue weighted by molar-refractivity contribution is 0.574. The van der Waals surface area contributed by atoms with Crippen LogP contribution < -0.4 is 11.3 Å². The van der Waals surface area contributed by atoms with Gasteiger partial charge in [0.25, 0.3) is 5.56 Å². The fraction of sp³-hybridized carbons (Fsp3) is 0.267. The molecule has 114 valence electrons. The highest BCUT2D eigenvalue weighted by atomic mass is 35.5. The highest BCUT2D eigenvalue weighted by Gasteiger charge is 2.15. The molecule has 1 atom stereocenters. The van der Waals surface area contributed by atoms with Crippen LogP contribution in [0.3, 0.4) is 0 Å². The molecule has 1 aromatic carbocycles. The van der Waals surface area contributed by atoms with Crippen LogP contribution in [-0.4, -0.2) is 19.7 Å². The van der Waals surface area contributed by atoms with Crippen LogP contribution in [-0.2, 0) is 13.0 Å². The number of H-pyrrole nitrogens is 1. The first kappa shape index (κ1) is 14.7. The fourth-order valence-corrected chi connectivity index (χ4v) is 2.71. The van der Waals surface area contributed by atoms with Gasteiger partial charge < -0.3 is 5.73 Å². The Morgan fingerprint density at radius 1 is 1.41 bits per heavy atom. The van der Waals surface area contributed by atoms with Crippen LogP contribution in [0.1, 0.15) is 24.5 Å². The molecular formula is C15H16ClN5O. The van der Waals surface area contributed by atoms with Gasteiger partial charge in [-0.05, 0) is 25.1 Å². The number of hydrogen-bond donors (Lipinski definition) is 2. The van der Waals surface area contributed by atoms with Crippen molar-refractivity contribution in [2.45, 2.75) is 25.9 Å². The number of aromatic nitrogens is 4.